The maximum atomic E-state index is 6.08. The van der Waals surface area contributed by atoms with Crippen LogP contribution in [0.25, 0.3) is 0 Å². The van der Waals surface area contributed by atoms with Gasteiger partial charge in [0.1, 0.15) is 5.75 Å². The second-order valence-corrected chi connectivity index (χ2v) is 5.06. The molecule has 4 heteroatoms. The lowest BCUT2D eigenvalue weighted by atomic mass is 10.1. The van der Waals surface area contributed by atoms with E-state index in [0.717, 1.165) is 56.5 Å². The third kappa shape index (κ3) is 3.87. The molecule has 0 bridgehead atoms. The summed E-state index contributed by atoms with van der Waals surface area (Å²) in [5, 5.41) is 4.14. The first-order valence-electron chi connectivity index (χ1n) is 6.64. The molecule has 0 amide bonds. The molecule has 0 unspecified atom stereocenters. The quantitative estimate of drug-likeness (QED) is 0.888. The highest BCUT2D eigenvalue weighted by molar-refractivity contribution is 6.30. The van der Waals surface area contributed by atoms with Crippen LogP contribution in [0.4, 0.5) is 0 Å². The Balaban J connectivity index is 2.05. The lowest BCUT2D eigenvalue weighted by Gasteiger charge is -2.27. The van der Waals surface area contributed by atoms with E-state index in [1.54, 1.807) is 0 Å². The van der Waals surface area contributed by atoms with Gasteiger partial charge in [-0.2, -0.15) is 0 Å². The van der Waals surface area contributed by atoms with Crippen LogP contribution in [0.2, 0.25) is 5.02 Å². The van der Waals surface area contributed by atoms with Crippen molar-refractivity contribution < 1.29 is 4.74 Å². The summed E-state index contributed by atoms with van der Waals surface area (Å²) in [5.41, 5.74) is 1.19. The normalized spacial score (nSPS) is 16.8. The van der Waals surface area contributed by atoms with Crippen molar-refractivity contribution in [3.63, 3.8) is 0 Å². The number of nitrogens with one attached hydrogen (secondary N) is 1. The maximum absolute atomic E-state index is 6.08. The molecule has 1 aromatic rings. The zero-order chi connectivity index (χ0) is 12.8. The molecule has 1 aromatic carbocycles. The molecule has 1 aliphatic rings. The minimum Gasteiger partial charge on any atom is -0.493 e. The van der Waals surface area contributed by atoms with Gasteiger partial charge in [0.25, 0.3) is 0 Å². The maximum Gasteiger partial charge on any atom is 0.123 e. The van der Waals surface area contributed by atoms with Crippen LogP contribution < -0.4 is 10.1 Å². The molecule has 0 radical (unpaired) electrons. The van der Waals surface area contributed by atoms with Gasteiger partial charge in [-0.1, -0.05) is 18.5 Å². The number of hydrogen-bond acceptors (Lipinski definition) is 3. The predicted octanol–water partition coefficient (Wildman–Crippen LogP) is 2.53. The monoisotopic (exact) mass is 268 g/mol. The molecule has 0 saturated carbocycles. The fraction of sp³-hybridized carbons (Fsp3) is 0.571. The number of hydrogen-bond donors (Lipinski definition) is 1. The minimum atomic E-state index is 0.760. The van der Waals surface area contributed by atoms with Crippen LogP contribution in [0, 0.1) is 0 Å². The highest BCUT2D eigenvalue weighted by Gasteiger charge is 2.13. The first-order chi connectivity index (χ1) is 8.79. The Labute approximate surface area is 114 Å². The summed E-state index contributed by atoms with van der Waals surface area (Å²) < 4.78 is 5.78. The zero-order valence-corrected chi connectivity index (χ0v) is 11.7. The molecule has 1 saturated heterocycles. The fourth-order valence-electron chi connectivity index (χ4n) is 2.13. The van der Waals surface area contributed by atoms with Gasteiger partial charge in [0.15, 0.2) is 0 Å². The van der Waals surface area contributed by atoms with Crippen molar-refractivity contribution in [3.05, 3.63) is 28.8 Å². The molecular formula is C14H21ClN2O. The van der Waals surface area contributed by atoms with Gasteiger partial charge in [0.2, 0.25) is 0 Å². The molecule has 2 rings (SSSR count). The van der Waals surface area contributed by atoms with Gasteiger partial charge in [-0.05, 0) is 24.6 Å². The standard InChI is InChI=1S/C14H21ClN2O/c1-2-9-18-14-4-3-13(15)10-12(14)11-17-7-5-16-6-8-17/h3-4,10,16H,2,5-9,11H2,1H3. The van der Waals surface area contributed by atoms with Crippen LogP contribution in [-0.4, -0.2) is 37.7 Å². The Morgan fingerprint density at radius 3 is 2.83 bits per heavy atom. The summed E-state index contributed by atoms with van der Waals surface area (Å²) in [4.78, 5) is 2.43. The molecule has 0 atom stereocenters. The van der Waals surface area contributed by atoms with Gasteiger partial charge in [0, 0.05) is 43.3 Å². The zero-order valence-electron chi connectivity index (χ0n) is 10.9. The van der Waals surface area contributed by atoms with Gasteiger partial charge in [-0.3, -0.25) is 4.90 Å². The number of rotatable bonds is 5. The van der Waals surface area contributed by atoms with E-state index in [9.17, 15) is 0 Å². The molecule has 0 spiro atoms. The molecule has 100 valence electrons. The SMILES string of the molecule is CCCOc1ccc(Cl)cc1CN1CCNCC1. The van der Waals surface area contributed by atoms with E-state index in [0.29, 0.717) is 0 Å². The molecule has 0 aromatic heterocycles. The van der Waals surface area contributed by atoms with Crippen LogP contribution in [-0.2, 0) is 6.54 Å². The molecule has 1 aliphatic heterocycles. The predicted molar refractivity (Wildman–Crippen MR) is 75.4 cm³/mol. The Kier molecular flexibility index (Phi) is 5.29. The Morgan fingerprint density at radius 1 is 1.33 bits per heavy atom. The number of halogens is 1. The van der Waals surface area contributed by atoms with E-state index in [-0.39, 0.29) is 0 Å². The van der Waals surface area contributed by atoms with E-state index in [4.69, 9.17) is 16.3 Å². The molecular weight excluding hydrogens is 248 g/mol. The third-order valence-electron chi connectivity index (χ3n) is 3.09. The van der Waals surface area contributed by atoms with Gasteiger partial charge < -0.3 is 10.1 Å². The Hall–Kier alpha value is -0.770. The van der Waals surface area contributed by atoms with Crippen molar-refractivity contribution in [1.82, 2.24) is 10.2 Å². The lowest BCUT2D eigenvalue weighted by Crippen LogP contribution is -2.42. The first-order valence-corrected chi connectivity index (χ1v) is 7.01. The summed E-state index contributed by atoms with van der Waals surface area (Å²) in [6.07, 6.45) is 1.02. The molecule has 0 aliphatic carbocycles. The average molecular weight is 269 g/mol. The largest absolute Gasteiger partial charge is 0.493 e. The van der Waals surface area contributed by atoms with Gasteiger partial charge in [0.05, 0.1) is 6.61 Å². The molecule has 1 fully saturated rings. The summed E-state index contributed by atoms with van der Waals surface area (Å²) >= 11 is 6.08. The Bertz CT molecular complexity index is 378. The Morgan fingerprint density at radius 2 is 2.11 bits per heavy atom. The van der Waals surface area contributed by atoms with E-state index in [2.05, 4.69) is 17.1 Å². The second kappa shape index (κ2) is 6.98. The smallest absolute Gasteiger partial charge is 0.123 e. The third-order valence-corrected chi connectivity index (χ3v) is 3.32. The van der Waals surface area contributed by atoms with Crippen molar-refractivity contribution in [1.29, 1.82) is 0 Å². The van der Waals surface area contributed by atoms with Crippen molar-refractivity contribution in [2.75, 3.05) is 32.8 Å². The molecule has 18 heavy (non-hydrogen) atoms. The number of ether oxygens (including phenoxy) is 1. The summed E-state index contributed by atoms with van der Waals surface area (Å²) in [5.74, 6) is 0.972. The summed E-state index contributed by atoms with van der Waals surface area (Å²) in [6.45, 7) is 8.08. The topological polar surface area (TPSA) is 24.5 Å². The fourth-order valence-corrected chi connectivity index (χ4v) is 2.33. The average Bonchev–Trinajstić information content (AvgIpc) is 2.39. The van der Waals surface area contributed by atoms with Crippen LogP contribution in [0.5, 0.6) is 5.75 Å². The van der Waals surface area contributed by atoms with Crippen LogP contribution in [0.3, 0.4) is 0 Å². The highest BCUT2D eigenvalue weighted by Crippen LogP contribution is 2.24. The number of nitrogens with zero attached hydrogens (tertiary/aromatic N) is 1. The van der Waals surface area contributed by atoms with Crippen LogP contribution in [0.15, 0.2) is 18.2 Å². The highest BCUT2D eigenvalue weighted by atomic mass is 35.5. The van der Waals surface area contributed by atoms with E-state index in [1.807, 2.05) is 18.2 Å². The second-order valence-electron chi connectivity index (χ2n) is 4.63. The van der Waals surface area contributed by atoms with Crippen molar-refractivity contribution in [3.8, 4) is 5.75 Å². The first kappa shape index (κ1) is 13.7. The van der Waals surface area contributed by atoms with Crippen LogP contribution in [0.1, 0.15) is 18.9 Å². The molecule has 1 N–H and O–H groups in total. The van der Waals surface area contributed by atoms with Gasteiger partial charge >= 0.3 is 0 Å². The minimum absolute atomic E-state index is 0.760. The van der Waals surface area contributed by atoms with Crippen molar-refractivity contribution >= 4 is 11.6 Å². The van der Waals surface area contributed by atoms with E-state index >= 15 is 0 Å². The number of piperazine rings is 1. The summed E-state index contributed by atoms with van der Waals surface area (Å²) in [6, 6.07) is 5.90. The van der Waals surface area contributed by atoms with Crippen molar-refractivity contribution in [2.45, 2.75) is 19.9 Å². The van der Waals surface area contributed by atoms with E-state index < -0.39 is 0 Å². The van der Waals surface area contributed by atoms with Crippen molar-refractivity contribution in [2.24, 2.45) is 0 Å². The molecule has 1 heterocycles. The van der Waals surface area contributed by atoms with Gasteiger partial charge in [-0.25, -0.2) is 0 Å². The lowest BCUT2D eigenvalue weighted by molar-refractivity contribution is 0.227. The van der Waals surface area contributed by atoms with Crippen LogP contribution >= 0.6 is 11.6 Å². The summed E-state index contributed by atoms with van der Waals surface area (Å²) in [7, 11) is 0. The van der Waals surface area contributed by atoms with E-state index in [1.165, 1.54) is 5.56 Å². The van der Waals surface area contributed by atoms with Gasteiger partial charge in [-0.15, -0.1) is 0 Å². The number of benzene rings is 1. The molecule has 3 nitrogen and oxygen atoms in total.